The smallest absolute Gasteiger partial charge is 0.324 e. The molecular formula is C10H15BO2. The molecule has 0 heterocycles. The number of ether oxygens (including phenoxy) is 1. The first kappa shape index (κ1) is 10.1. The Balaban J connectivity index is 2.91. The van der Waals surface area contributed by atoms with Crippen molar-refractivity contribution in [3.63, 3.8) is 0 Å². The summed E-state index contributed by atoms with van der Waals surface area (Å²) in [6.07, 6.45) is 0.139. The first-order chi connectivity index (χ1) is 6.11. The Labute approximate surface area is 79.7 Å². The zero-order valence-electron chi connectivity index (χ0n) is 8.32. The molecular weight excluding hydrogens is 163 g/mol. The predicted molar refractivity (Wildman–Crippen MR) is 55.7 cm³/mol. The van der Waals surface area contributed by atoms with E-state index in [2.05, 4.69) is 0 Å². The molecule has 3 heteroatoms. The molecule has 0 saturated heterocycles. The van der Waals surface area contributed by atoms with Crippen LogP contribution in [0.15, 0.2) is 24.3 Å². The van der Waals surface area contributed by atoms with Gasteiger partial charge in [-0.15, -0.1) is 0 Å². The van der Waals surface area contributed by atoms with Crippen LogP contribution in [0.25, 0.3) is 0 Å². The Morgan fingerprint density at radius 3 is 2.46 bits per heavy atom. The molecule has 0 aliphatic carbocycles. The Hall–Kier alpha value is -0.955. The van der Waals surface area contributed by atoms with Crippen molar-refractivity contribution in [2.45, 2.75) is 26.8 Å². The molecule has 0 fully saturated rings. The highest BCUT2D eigenvalue weighted by Crippen LogP contribution is 2.09. The SMILES string of the molecule is CB(O)c1ccccc1OC(C)C. The van der Waals surface area contributed by atoms with Gasteiger partial charge in [0.1, 0.15) is 5.75 Å². The van der Waals surface area contributed by atoms with E-state index in [1.54, 1.807) is 6.82 Å². The molecule has 0 atom stereocenters. The summed E-state index contributed by atoms with van der Waals surface area (Å²) < 4.78 is 5.55. The summed E-state index contributed by atoms with van der Waals surface area (Å²) in [6.45, 7) is 5.20. The minimum absolute atomic E-state index is 0.139. The van der Waals surface area contributed by atoms with Crippen molar-refractivity contribution in [3.05, 3.63) is 24.3 Å². The molecule has 0 aliphatic heterocycles. The average Bonchev–Trinajstić information content (AvgIpc) is 2.03. The predicted octanol–water partition coefficient (Wildman–Crippen LogP) is 1.29. The summed E-state index contributed by atoms with van der Waals surface area (Å²) in [5, 5.41) is 9.44. The van der Waals surface area contributed by atoms with E-state index in [9.17, 15) is 5.02 Å². The Morgan fingerprint density at radius 1 is 1.31 bits per heavy atom. The highest BCUT2D eigenvalue weighted by Gasteiger charge is 2.12. The summed E-state index contributed by atoms with van der Waals surface area (Å²) in [5.41, 5.74) is 0.844. The molecule has 0 aromatic heterocycles. The van der Waals surface area contributed by atoms with Gasteiger partial charge in [-0.3, -0.25) is 0 Å². The first-order valence-electron chi connectivity index (χ1n) is 4.55. The van der Waals surface area contributed by atoms with E-state index in [1.807, 2.05) is 38.1 Å². The highest BCUT2D eigenvalue weighted by atomic mass is 16.5. The van der Waals surface area contributed by atoms with E-state index in [1.165, 1.54) is 0 Å². The highest BCUT2D eigenvalue weighted by molar-refractivity contribution is 6.65. The van der Waals surface area contributed by atoms with Crippen molar-refractivity contribution >= 4 is 12.4 Å². The zero-order chi connectivity index (χ0) is 9.84. The van der Waals surface area contributed by atoms with E-state index in [4.69, 9.17) is 4.74 Å². The molecule has 0 aliphatic rings. The fraction of sp³-hybridized carbons (Fsp3) is 0.400. The molecule has 0 saturated carbocycles. The molecule has 0 unspecified atom stereocenters. The normalized spacial score (nSPS) is 10.2. The topological polar surface area (TPSA) is 29.5 Å². The van der Waals surface area contributed by atoms with Gasteiger partial charge in [-0.25, -0.2) is 0 Å². The van der Waals surface area contributed by atoms with Crippen molar-refractivity contribution in [2.75, 3.05) is 0 Å². The minimum atomic E-state index is -0.477. The molecule has 0 amide bonds. The lowest BCUT2D eigenvalue weighted by Gasteiger charge is -2.14. The van der Waals surface area contributed by atoms with Gasteiger partial charge in [0.25, 0.3) is 0 Å². The quantitative estimate of drug-likeness (QED) is 0.706. The van der Waals surface area contributed by atoms with E-state index in [0.717, 1.165) is 11.2 Å². The van der Waals surface area contributed by atoms with Gasteiger partial charge in [0.15, 0.2) is 0 Å². The summed E-state index contributed by atoms with van der Waals surface area (Å²) in [6, 6.07) is 7.56. The van der Waals surface area contributed by atoms with Gasteiger partial charge in [-0.05, 0) is 25.4 Å². The number of benzene rings is 1. The van der Waals surface area contributed by atoms with Crippen LogP contribution in [0.1, 0.15) is 13.8 Å². The third-order valence-electron chi connectivity index (χ3n) is 1.73. The molecule has 1 rings (SSSR count). The summed E-state index contributed by atoms with van der Waals surface area (Å²) in [4.78, 5) is 0. The van der Waals surface area contributed by atoms with Crippen LogP contribution in [-0.2, 0) is 0 Å². The number of hydrogen-bond acceptors (Lipinski definition) is 2. The third kappa shape index (κ3) is 2.78. The monoisotopic (exact) mass is 178 g/mol. The van der Waals surface area contributed by atoms with Gasteiger partial charge in [-0.1, -0.05) is 25.0 Å². The zero-order valence-corrected chi connectivity index (χ0v) is 8.32. The van der Waals surface area contributed by atoms with Gasteiger partial charge < -0.3 is 9.76 Å². The third-order valence-corrected chi connectivity index (χ3v) is 1.73. The van der Waals surface area contributed by atoms with Crippen LogP contribution in [0.3, 0.4) is 0 Å². The summed E-state index contributed by atoms with van der Waals surface area (Å²) in [5.74, 6) is 0.771. The lowest BCUT2D eigenvalue weighted by molar-refractivity contribution is 0.244. The first-order valence-corrected chi connectivity index (χ1v) is 4.55. The Bertz CT molecular complexity index is 271. The summed E-state index contributed by atoms with van der Waals surface area (Å²) >= 11 is 0. The van der Waals surface area contributed by atoms with Crippen LogP contribution in [0.4, 0.5) is 0 Å². The Kier molecular flexibility index (Phi) is 3.37. The van der Waals surface area contributed by atoms with Gasteiger partial charge in [0.05, 0.1) is 6.10 Å². The molecule has 1 N–H and O–H groups in total. The molecule has 2 nitrogen and oxygen atoms in total. The van der Waals surface area contributed by atoms with Gasteiger partial charge in [0, 0.05) is 0 Å². The molecule has 13 heavy (non-hydrogen) atoms. The molecule has 1 aromatic carbocycles. The van der Waals surface area contributed by atoms with Crippen molar-refractivity contribution < 1.29 is 9.76 Å². The van der Waals surface area contributed by atoms with Crippen LogP contribution in [0.5, 0.6) is 5.75 Å². The lowest BCUT2D eigenvalue weighted by atomic mass is 9.64. The second-order valence-corrected chi connectivity index (χ2v) is 3.38. The fourth-order valence-corrected chi connectivity index (χ4v) is 1.19. The molecule has 0 spiro atoms. The van der Waals surface area contributed by atoms with Crippen molar-refractivity contribution in [2.24, 2.45) is 0 Å². The van der Waals surface area contributed by atoms with Crippen LogP contribution >= 0.6 is 0 Å². The number of hydrogen-bond donors (Lipinski definition) is 1. The number of para-hydroxylation sites is 1. The fourth-order valence-electron chi connectivity index (χ4n) is 1.19. The van der Waals surface area contributed by atoms with Crippen LogP contribution in [0, 0.1) is 0 Å². The van der Waals surface area contributed by atoms with Crippen LogP contribution < -0.4 is 10.2 Å². The van der Waals surface area contributed by atoms with E-state index in [-0.39, 0.29) is 6.10 Å². The largest absolute Gasteiger partial charge is 0.491 e. The second-order valence-electron chi connectivity index (χ2n) is 3.38. The van der Waals surface area contributed by atoms with E-state index in [0.29, 0.717) is 0 Å². The van der Waals surface area contributed by atoms with E-state index >= 15 is 0 Å². The molecule has 0 radical (unpaired) electrons. The van der Waals surface area contributed by atoms with Gasteiger partial charge in [-0.2, -0.15) is 0 Å². The maximum atomic E-state index is 9.44. The second kappa shape index (κ2) is 4.33. The maximum Gasteiger partial charge on any atom is 0.324 e. The minimum Gasteiger partial charge on any atom is -0.491 e. The Morgan fingerprint density at radius 2 is 1.92 bits per heavy atom. The average molecular weight is 178 g/mol. The molecule has 1 aromatic rings. The van der Waals surface area contributed by atoms with Gasteiger partial charge in [0.2, 0.25) is 0 Å². The van der Waals surface area contributed by atoms with Crippen LogP contribution in [0.2, 0.25) is 6.82 Å². The van der Waals surface area contributed by atoms with Crippen molar-refractivity contribution in [1.82, 2.24) is 0 Å². The molecule has 70 valence electrons. The molecule has 0 bridgehead atoms. The summed E-state index contributed by atoms with van der Waals surface area (Å²) in [7, 11) is 0. The standard InChI is InChI=1S/C10H15BO2/c1-8(2)13-10-7-5-4-6-9(10)11(3)12/h4-8,12H,1-3H3. The van der Waals surface area contributed by atoms with Gasteiger partial charge >= 0.3 is 6.92 Å². The van der Waals surface area contributed by atoms with Crippen LogP contribution in [-0.4, -0.2) is 18.0 Å². The van der Waals surface area contributed by atoms with Crippen molar-refractivity contribution in [3.8, 4) is 5.75 Å². The lowest BCUT2D eigenvalue weighted by Crippen LogP contribution is -2.29. The number of rotatable bonds is 3. The maximum absolute atomic E-state index is 9.44. The van der Waals surface area contributed by atoms with E-state index < -0.39 is 6.92 Å². The van der Waals surface area contributed by atoms with Crippen molar-refractivity contribution in [1.29, 1.82) is 0 Å².